The molecule has 3 rings (SSSR count). The molecule has 0 bridgehead atoms. The number of amides is 1. The Morgan fingerprint density at radius 3 is 2.48 bits per heavy atom. The predicted octanol–water partition coefficient (Wildman–Crippen LogP) is 4.71. The number of methoxy groups -OCH3 is 1. The molecule has 6 nitrogen and oxygen atoms in total. The van der Waals surface area contributed by atoms with Crippen LogP contribution >= 0.6 is 11.6 Å². The van der Waals surface area contributed by atoms with Crippen LogP contribution in [0.4, 0.5) is 11.4 Å². The summed E-state index contributed by atoms with van der Waals surface area (Å²) >= 11 is 6.03. The largest absolute Gasteiger partial charge is 0.496 e. The molecule has 0 radical (unpaired) electrons. The van der Waals surface area contributed by atoms with Crippen molar-refractivity contribution in [3.8, 4) is 5.75 Å². The number of hydrogen-bond acceptors (Lipinski definition) is 4. The number of ether oxygens (including phenoxy) is 1. The lowest BCUT2D eigenvalue weighted by atomic mass is 10.1. The molecule has 0 spiro atoms. The fraction of sp³-hybridized carbons (Fsp3) is 0.0952. The van der Waals surface area contributed by atoms with Gasteiger partial charge in [-0.25, -0.2) is 8.42 Å². The Labute approximate surface area is 174 Å². The second-order valence-corrected chi connectivity index (χ2v) is 8.34. The zero-order chi connectivity index (χ0) is 21.0. The van der Waals surface area contributed by atoms with Crippen molar-refractivity contribution in [3.05, 3.63) is 82.9 Å². The van der Waals surface area contributed by atoms with Gasteiger partial charge in [0, 0.05) is 11.3 Å². The smallest absolute Gasteiger partial charge is 0.262 e. The van der Waals surface area contributed by atoms with Crippen LogP contribution in [0.25, 0.3) is 0 Å². The van der Waals surface area contributed by atoms with Crippen molar-refractivity contribution >= 4 is 38.9 Å². The maximum absolute atomic E-state index is 12.7. The van der Waals surface area contributed by atoms with E-state index in [-0.39, 0.29) is 21.5 Å². The standard InChI is InChI=1S/C21H19ClN2O4S/c1-14-10-11-15(12-20(14)28-2)21(25)23-16-6-5-7-17(13-16)29(26,27)24-19-9-4-3-8-18(19)22/h3-13,24H,1-2H3,(H,23,25). The normalized spacial score (nSPS) is 11.0. The first-order valence-corrected chi connectivity index (χ1v) is 10.5. The summed E-state index contributed by atoms with van der Waals surface area (Å²) in [5.74, 6) is 0.217. The van der Waals surface area contributed by atoms with Gasteiger partial charge in [0.15, 0.2) is 0 Å². The number of hydrogen-bond donors (Lipinski definition) is 2. The molecule has 0 unspecified atom stereocenters. The number of rotatable bonds is 6. The van der Waals surface area contributed by atoms with E-state index in [0.717, 1.165) is 5.56 Å². The molecule has 0 aliphatic rings. The van der Waals surface area contributed by atoms with Crippen LogP contribution in [0.5, 0.6) is 5.75 Å². The molecule has 8 heteroatoms. The number of sulfonamides is 1. The van der Waals surface area contributed by atoms with Crippen LogP contribution < -0.4 is 14.8 Å². The van der Waals surface area contributed by atoms with Crippen molar-refractivity contribution in [1.82, 2.24) is 0 Å². The van der Waals surface area contributed by atoms with E-state index in [9.17, 15) is 13.2 Å². The number of carbonyl (C=O) groups is 1. The van der Waals surface area contributed by atoms with Crippen molar-refractivity contribution in [3.63, 3.8) is 0 Å². The minimum absolute atomic E-state index is 0.00305. The Kier molecular flexibility index (Phi) is 6.10. The van der Waals surface area contributed by atoms with Crippen molar-refractivity contribution in [2.45, 2.75) is 11.8 Å². The van der Waals surface area contributed by atoms with Gasteiger partial charge in [0.2, 0.25) is 0 Å². The Balaban J connectivity index is 1.82. The van der Waals surface area contributed by atoms with Gasteiger partial charge in [0.1, 0.15) is 5.75 Å². The Morgan fingerprint density at radius 1 is 1.00 bits per heavy atom. The van der Waals surface area contributed by atoms with E-state index in [4.69, 9.17) is 16.3 Å². The summed E-state index contributed by atoms with van der Waals surface area (Å²) in [6.45, 7) is 1.88. The highest BCUT2D eigenvalue weighted by Crippen LogP contribution is 2.25. The lowest BCUT2D eigenvalue weighted by Crippen LogP contribution is -2.15. The molecule has 0 atom stereocenters. The molecule has 0 aromatic heterocycles. The molecule has 0 saturated heterocycles. The van der Waals surface area contributed by atoms with Gasteiger partial charge in [0.05, 0.1) is 22.7 Å². The van der Waals surface area contributed by atoms with Gasteiger partial charge < -0.3 is 10.1 Å². The van der Waals surface area contributed by atoms with Gasteiger partial charge in [-0.15, -0.1) is 0 Å². The summed E-state index contributed by atoms with van der Waals surface area (Å²) in [7, 11) is -2.35. The lowest BCUT2D eigenvalue weighted by Gasteiger charge is -2.12. The molecule has 0 heterocycles. The number of para-hydroxylation sites is 1. The van der Waals surface area contributed by atoms with Crippen molar-refractivity contribution in [2.75, 3.05) is 17.1 Å². The van der Waals surface area contributed by atoms with Crippen LogP contribution in [-0.4, -0.2) is 21.4 Å². The van der Waals surface area contributed by atoms with Crippen molar-refractivity contribution in [2.24, 2.45) is 0 Å². The van der Waals surface area contributed by atoms with E-state index in [1.54, 1.807) is 54.6 Å². The summed E-state index contributed by atoms with van der Waals surface area (Å²) in [6.07, 6.45) is 0. The van der Waals surface area contributed by atoms with Gasteiger partial charge in [-0.2, -0.15) is 0 Å². The predicted molar refractivity (Wildman–Crippen MR) is 114 cm³/mol. The molecular weight excluding hydrogens is 412 g/mol. The molecule has 0 fully saturated rings. The van der Waals surface area contributed by atoms with E-state index in [0.29, 0.717) is 17.0 Å². The van der Waals surface area contributed by atoms with E-state index in [2.05, 4.69) is 10.0 Å². The second kappa shape index (κ2) is 8.55. The molecular formula is C21H19ClN2O4S. The van der Waals surface area contributed by atoms with Crippen LogP contribution in [-0.2, 0) is 10.0 Å². The highest BCUT2D eigenvalue weighted by molar-refractivity contribution is 7.92. The van der Waals surface area contributed by atoms with Gasteiger partial charge in [-0.1, -0.05) is 35.9 Å². The first-order chi connectivity index (χ1) is 13.8. The summed E-state index contributed by atoms with van der Waals surface area (Å²) in [5, 5.41) is 2.99. The first-order valence-electron chi connectivity index (χ1n) is 8.63. The molecule has 0 aliphatic heterocycles. The number of aryl methyl sites for hydroxylation is 1. The quantitative estimate of drug-likeness (QED) is 0.593. The van der Waals surface area contributed by atoms with Gasteiger partial charge >= 0.3 is 0 Å². The number of halogens is 1. The summed E-state index contributed by atoms with van der Waals surface area (Å²) in [4.78, 5) is 12.5. The van der Waals surface area contributed by atoms with Crippen LogP contribution in [0.1, 0.15) is 15.9 Å². The average Bonchev–Trinajstić information content (AvgIpc) is 2.70. The van der Waals surface area contributed by atoms with E-state index in [1.165, 1.54) is 19.2 Å². The number of benzene rings is 3. The Hall–Kier alpha value is -3.03. The molecule has 3 aromatic carbocycles. The van der Waals surface area contributed by atoms with Crippen LogP contribution in [0.15, 0.2) is 71.6 Å². The minimum atomic E-state index is -3.88. The zero-order valence-electron chi connectivity index (χ0n) is 15.8. The number of carbonyl (C=O) groups excluding carboxylic acids is 1. The summed E-state index contributed by atoms with van der Waals surface area (Å²) in [6, 6.07) is 17.6. The fourth-order valence-corrected chi connectivity index (χ4v) is 4.02. The Bertz CT molecular complexity index is 1160. The third-order valence-corrected chi connectivity index (χ3v) is 5.88. The van der Waals surface area contributed by atoms with E-state index in [1.807, 2.05) is 6.92 Å². The average molecular weight is 431 g/mol. The molecule has 1 amide bonds. The maximum Gasteiger partial charge on any atom is 0.262 e. The highest BCUT2D eigenvalue weighted by atomic mass is 35.5. The topological polar surface area (TPSA) is 84.5 Å². The third kappa shape index (κ3) is 4.88. The monoisotopic (exact) mass is 430 g/mol. The highest BCUT2D eigenvalue weighted by Gasteiger charge is 2.17. The maximum atomic E-state index is 12.7. The SMILES string of the molecule is COc1cc(C(=O)Nc2cccc(S(=O)(=O)Nc3ccccc3Cl)c2)ccc1C. The minimum Gasteiger partial charge on any atom is -0.496 e. The van der Waals surface area contributed by atoms with E-state index >= 15 is 0 Å². The molecule has 3 aromatic rings. The molecule has 2 N–H and O–H groups in total. The summed E-state index contributed by atoms with van der Waals surface area (Å²) in [5.41, 5.74) is 1.92. The third-order valence-electron chi connectivity index (χ3n) is 4.19. The van der Waals surface area contributed by atoms with Crippen LogP contribution in [0, 0.1) is 6.92 Å². The van der Waals surface area contributed by atoms with E-state index < -0.39 is 10.0 Å². The van der Waals surface area contributed by atoms with Crippen molar-refractivity contribution < 1.29 is 17.9 Å². The molecule has 29 heavy (non-hydrogen) atoms. The van der Waals surface area contributed by atoms with Crippen LogP contribution in [0.3, 0.4) is 0 Å². The summed E-state index contributed by atoms with van der Waals surface area (Å²) < 4.78 is 33.1. The lowest BCUT2D eigenvalue weighted by molar-refractivity contribution is 0.102. The second-order valence-electron chi connectivity index (χ2n) is 6.25. The zero-order valence-corrected chi connectivity index (χ0v) is 17.3. The van der Waals surface area contributed by atoms with Gasteiger partial charge in [-0.3, -0.25) is 9.52 Å². The first kappa shape index (κ1) is 20.7. The Morgan fingerprint density at radius 2 is 1.76 bits per heavy atom. The molecule has 0 aliphatic carbocycles. The van der Waals surface area contributed by atoms with Crippen LogP contribution in [0.2, 0.25) is 5.02 Å². The molecule has 150 valence electrons. The fourth-order valence-electron chi connectivity index (χ4n) is 2.65. The molecule has 0 saturated carbocycles. The van der Waals surface area contributed by atoms with Crippen molar-refractivity contribution in [1.29, 1.82) is 0 Å². The number of anilines is 2. The van der Waals surface area contributed by atoms with Gasteiger partial charge in [0.25, 0.3) is 15.9 Å². The number of nitrogens with one attached hydrogen (secondary N) is 2. The van der Waals surface area contributed by atoms with Gasteiger partial charge in [-0.05, 0) is 55.0 Å².